The van der Waals surface area contributed by atoms with Gasteiger partial charge in [0.1, 0.15) is 0 Å². The summed E-state index contributed by atoms with van der Waals surface area (Å²) >= 11 is 2.25. The number of hydrogen-bond donors (Lipinski definition) is 0. The Bertz CT molecular complexity index is 514. The molecule has 0 aliphatic heterocycles. The van der Waals surface area contributed by atoms with Crippen molar-refractivity contribution in [2.45, 2.75) is 0 Å². The Morgan fingerprint density at radius 1 is 1.00 bits per heavy atom. The van der Waals surface area contributed by atoms with Gasteiger partial charge in [-0.2, -0.15) is 0 Å². The van der Waals surface area contributed by atoms with Crippen LogP contribution < -0.4 is 0 Å². The zero-order valence-corrected chi connectivity index (χ0v) is 15.9. The molecule has 0 fully saturated rings. The van der Waals surface area contributed by atoms with Gasteiger partial charge in [0.2, 0.25) is 0 Å². The van der Waals surface area contributed by atoms with Crippen LogP contribution in [0.15, 0.2) is 29.3 Å². The first-order valence-electron chi connectivity index (χ1n) is 6.17. The second-order valence-corrected chi connectivity index (χ2v) is 9.35. The highest BCUT2D eigenvalue weighted by Gasteiger charge is 2.36. The van der Waals surface area contributed by atoms with Crippen LogP contribution in [0, 0.1) is 3.57 Å². The van der Waals surface area contributed by atoms with Crippen LogP contribution in [0.4, 0.5) is 5.69 Å². The van der Waals surface area contributed by atoms with Crippen LogP contribution in [0.2, 0.25) is 0 Å². The van der Waals surface area contributed by atoms with E-state index in [1.807, 2.05) is 71.5 Å². The molecule has 0 amide bonds. The Kier molecular flexibility index (Phi) is 6.19. The molecule has 1 aromatic rings. The van der Waals surface area contributed by atoms with E-state index in [9.17, 15) is 4.57 Å². The van der Waals surface area contributed by atoms with Gasteiger partial charge >= 0.3 is 0 Å². The van der Waals surface area contributed by atoms with E-state index in [4.69, 9.17) is 0 Å². The standard InChI is InChI=1S/C13H22IN4OP/c1-16(2)13(20(19,17(3)4)18(5)6)15-12-9-7-11(14)8-10-12/h7-10H,1-6H3. The predicted octanol–water partition coefficient (Wildman–Crippen LogP) is 3.16. The van der Waals surface area contributed by atoms with Gasteiger partial charge in [0.25, 0.3) is 7.44 Å². The first kappa shape index (κ1) is 17.6. The summed E-state index contributed by atoms with van der Waals surface area (Å²) in [7, 11) is 8.12. The Labute approximate surface area is 135 Å². The van der Waals surface area contributed by atoms with Gasteiger partial charge in [-0.15, -0.1) is 0 Å². The van der Waals surface area contributed by atoms with Crippen molar-refractivity contribution in [2.75, 3.05) is 42.3 Å². The highest BCUT2D eigenvalue weighted by molar-refractivity contribution is 14.1. The third kappa shape index (κ3) is 3.81. The van der Waals surface area contributed by atoms with Gasteiger partial charge in [-0.05, 0) is 75.0 Å². The maximum atomic E-state index is 13.3. The summed E-state index contributed by atoms with van der Waals surface area (Å²) in [6.07, 6.45) is 0. The van der Waals surface area contributed by atoms with Crippen LogP contribution in [0.3, 0.4) is 0 Å². The first-order chi connectivity index (χ1) is 9.19. The van der Waals surface area contributed by atoms with E-state index < -0.39 is 7.44 Å². The molecular formula is C13H22IN4OP. The summed E-state index contributed by atoms with van der Waals surface area (Å²) < 4.78 is 17.9. The average Bonchev–Trinajstić information content (AvgIpc) is 2.36. The van der Waals surface area contributed by atoms with Crippen molar-refractivity contribution < 1.29 is 4.57 Å². The first-order valence-corrected chi connectivity index (χ1v) is 8.86. The van der Waals surface area contributed by atoms with Gasteiger partial charge in [-0.3, -0.25) is 4.57 Å². The molecule has 0 saturated carbocycles. The molecule has 1 rings (SSSR count). The lowest BCUT2D eigenvalue weighted by Crippen LogP contribution is -2.34. The molecule has 0 aromatic heterocycles. The quantitative estimate of drug-likeness (QED) is 0.332. The van der Waals surface area contributed by atoms with Gasteiger partial charge < -0.3 is 4.90 Å². The summed E-state index contributed by atoms with van der Waals surface area (Å²) in [5, 5.41) is 0. The van der Waals surface area contributed by atoms with E-state index >= 15 is 0 Å². The molecule has 0 unspecified atom stereocenters. The maximum absolute atomic E-state index is 13.3. The SMILES string of the molecule is CN(C)C(=Nc1ccc(I)cc1)P(=O)(N(C)C)N(C)C. The monoisotopic (exact) mass is 408 g/mol. The van der Waals surface area contributed by atoms with Crippen molar-refractivity contribution in [3.05, 3.63) is 27.8 Å². The normalized spacial score (nSPS) is 13.2. The minimum absolute atomic E-state index is 0.564. The smallest absolute Gasteiger partial charge is 0.279 e. The van der Waals surface area contributed by atoms with Crippen molar-refractivity contribution in [3.63, 3.8) is 0 Å². The largest absolute Gasteiger partial charge is 0.358 e. The van der Waals surface area contributed by atoms with E-state index in [0.29, 0.717) is 5.58 Å². The molecule has 5 nitrogen and oxygen atoms in total. The molecule has 0 bridgehead atoms. The summed E-state index contributed by atoms with van der Waals surface area (Å²) in [5.41, 5.74) is 1.37. The summed E-state index contributed by atoms with van der Waals surface area (Å²) in [4.78, 5) is 6.42. The van der Waals surface area contributed by atoms with Crippen LogP contribution >= 0.6 is 30.0 Å². The molecule has 0 N–H and O–H groups in total. The third-order valence-electron chi connectivity index (χ3n) is 2.80. The topological polar surface area (TPSA) is 39.2 Å². The molecule has 0 spiro atoms. The van der Waals surface area contributed by atoms with E-state index in [2.05, 4.69) is 27.6 Å². The van der Waals surface area contributed by atoms with Crippen LogP contribution in [-0.4, -0.2) is 62.1 Å². The molecule has 0 saturated heterocycles. The van der Waals surface area contributed by atoms with Crippen molar-refractivity contribution in [1.82, 2.24) is 14.2 Å². The molecule has 0 aliphatic rings. The average molecular weight is 408 g/mol. The number of amidine groups is 1. The fraction of sp³-hybridized carbons (Fsp3) is 0.462. The van der Waals surface area contributed by atoms with E-state index in [1.54, 1.807) is 9.34 Å². The number of nitrogens with zero attached hydrogens (tertiary/aromatic N) is 4. The van der Waals surface area contributed by atoms with E-state index in [1.165, 1.54) is 0 Å². The molecule has 7 heteroatoms. The van der Waals surface area contributed by atoms with Gasteiger partial charge in [0, 0.05) is 17.7 Å². The highest BCUT2D eigenvalue weighted by atomic mass is 127. The lowest BCUT2D eigenvalue weighted by atomic mass is 10.3. The molecule has 0 heterocycles. The second kappa shape index (κ2) is 7.02. The summed E-state index contributed by atoms with van der Waals surface area (Å²) in [6, 6.07) is 7.84. The van der Waals surface area contributed by atoms with Crippen molar-refractivity contribution in [2.24, 2.45) is 4.99 Å². The zero-order valence-electron chi connectivity index (χ0n) is 12.8. The molecule has 20 heavy (non-hydrogen) atoms. The fourth-order valence-electron chi connectivity index (χ4n) is 1.77. The molecule has 0 atom stereocenters. The highest BCUT2D eigenvalue weighted by Crippen LogP contribution is 2.52. The zero-order chi connectivity index (χ0) is 15.5. The van der Waals surface area contributed by atoms with E-state index in [-0.39, 0.29) is 0 Å². The molecule has 0 radical (unpaired) electrons. The molecule has 1 aromatic carbocycles. The van der Waals surface area contributed by atoms with Gasteiger partial charge in [0.15, 0.2) is 5.58 Å². The maximum Gasteiger partial charge on any atom is 0.279 e. The lowest BCUT2D eigenvalue weighted by molar-refractivity contribution is 0.455. The van der Waals surface area contributed by atoms with Crippen LogP contribution in [0.1, 0.15) is 0 Å². The number of halogens is 1. The molecular weight excluding hydrogens is 386 g/mol. The second-order valence-electron chi connectivity index (χ2n) is 5.02. The van der Waals surface area contributed by atoms with Crippen molar-refractivity contribution in [3.8, 4) is 0 Å². The van der Waals surface area contributed by atoms with Crippen LogP contribution in [-0.2, 0) is 4.57 Å². The minimum Gasteiger partial charge on any atom is -0.358 e. The summed E-state index contributed by atoms with van der Waals surface area (Å²) in [6.45, 7) is 0. The van der Waals surface area contributed by atoms with E-state index in [0.717, 1.165) is 9.26 Å². The summed E-state index contributed by atoms with van der Waals surface area (Å²) in [5.74, 6) is 0. The lowest BCUT2D eigenvalue weighted by Gasteiger charge is -2.34. The van der Waals surface area contributed by atoms with Crippen LogP contribution in [0.25, 0.3) is 0 Å². The minimum atomic E-state index is -2.87. The number of rotatable bonds is 4. The Morgan fingerprint density at radius 3 is 1.80 bits per heavy atom. The number of aliphatic imine (C=N–C) groups is 1. The predicted molar refractivity (Wildman–Crippen MR) is 94.9 cm³/mol. The third-order valence-corrected chi connectivity index (χ3v) is 6.71. The van der Waals surface area contributed by atoms with Gasteiger partial charge in [-0.1, -0.05) is 0 Å². The van der Waals surface area contributed by atoms with Crippen LogP contribution in [0.5, 0.6) is 0 Å². The number of hydrogen-bond acceptors (Lipinski definition) is 2. The Morgan fingerprint density at radius 2 is 1.45 bits per heavy atom. The Balaban J connectivity index is 3.37. The van der Waals surface area contributed by atoms with Gasteiger partial charge in [-0.25, -0.2) is 14.3 Å². The van der Waals surface area contributed by atoms with Gasteiger partial charge in [0.05, 0.1) is 5.69 Å². The Hall–Kier alpha value is -0.430. The number of benzene rings is 1. The molecule has 0 aliphatic carbocycles. The molecule has 112 valence electrons. The fourth-order valence-corrected chi connectivity index (χ4v) is 4.33. The van der Waals surface area contributed by atoms with Crippen molar-refractivity contribution >= 4 is 41.3 Å². The van der Waals surface area contributed by atoms with Crippen molar-refractivity contribution in [1.29, 1.82) is 0 Å².